The van der Waals surface area contributed by atoms with Gasteiger partial charge in [-0.15, -0.1) is 6.58 Å². The number of esters is 1. The summed E-state index contributed by atoms with van der Waals surface area (Å²) in [4.78, 5) is 24.2. The van der Waals surface area contributed by atoms with Crippen LogP contribution in [0.25, 0.3) is 0 Å². The summed E-state index contributed by atoms with van der Waals surface area (Å²) in [5.74, 6) is -1.15. The number of amides is 1. The van der Waals surface area contributed by atoms with Gasteiger partial charge >= 0.3 is 12.1 Å². The molecule has 0 saturated carbocycles. The van der Waals surface area contributed by atoms with Crippen LogP contribution < -0.4 is 0 Å². The molecule has 4 nitrogen and oxygen atoms in total. The smallest absolute Gasteiger partial charge is 0.389 e. The summed E-state index contributed by atoms with van der Waals surface area (Å²) in [6.45, 7) is 3.46. The number of rotatable bonds is 7. The molecule has 1 atom stereocenters. The van der Waals surface area contributed by atoms with Crippen molar-refractivity contribution in [2.24, 2.45) is 0 Å². The highest BCUT2D eigenvalue weighted by Crippen LogP contribution is 2.22. The third kappa shape index (κ3) is 6.83. The molecule has 0 aromatic carbocycles. The molecular formula is C12H18F3NO3. The highest BCUT2D eigenvalue weighted by molar-refractivity contribution is 5.84. The fourth-order valence-corrected chi connectivity index (χ4v) is 1.50. The van der Waals surface area contributed by atoms with Gasteiger partial charge in [0.05, 0.1) is 7.11 Å². The normalized spacial score (nSPS) is 12.7. The van der Waals surface area contributed by atoms with E-state index in [1.807, 2.05) is 0 Å². The minimum atomic E-state index is -4.28. The molecule has 0 radical (unpaired) electrons. The van der Waals surface area contributed by atoms with Crippen LogP contribution in [0.2, 0.25) is 0 Å². The Hall–Kier alpha value is -1.53. The number of carbonyl (C=O) groups is 2. The molecule has 0 rings (SSSR count). The molecule has 110 valence electrons. The Balaban J connectivity index is 4.42. The van der Waals surface area contributed by atoms with Crippen LogP contribution in [0.5, 0.6) is 0 Å². The highest BCUT2D eigenvalue weighted by Gasteiger charge is 2.29. The average molecular weight is 281 g/mol. The van der Waals surface area contributed by atoms with Gasteiger partial charge in [0.1, 0.15) is 6.04 Å². The van der Waals surface area contributed by atoms with Gasteiger partial charge in [-0.3, -0.25) is 4.79 Å². The maximum absolute atomic E-state index is 12.0. The lowest BCUT2D eigenvalue weighted by atomic mass is 10.1. The number of nitrogens with zero attached hydrogens (tertiary/aromatic N) is 1. The van der Waals surface area contributed by atoms with Crippen LogP contribution >= 0.6 is 0 Å². The van der Waals surface area contributed by atoms with Crippen LogP contribution in [0.4, 0.5) is 13.2 Å². The molecular weight excluding hydrogens is 263 g/mol. The van der Waals surface area contributed by atoms with Gasteiger partial charge in [0, 0.05) is 19.9 Å². The lowest BCUT2D eigenvalue weighted by Gasteiger charge is -2.25. The van der Waals surface area contributed by atoms with Gasteiger partial charge in [0.2, 0.25) is 5.91 Å². The van der Waals surface area contributed by atoms with Crippen LogP contribution in [-0.2, 0) is 14.3 Å². The molecule has 19 heavy (non-hydrogen) atoms. The van der Waals surface area contributed by atoms with Crippen LogP contribution in [-0.4, -0.2) is 43.2 Å². The van der Waals surface area contributed by atoms with E-state index in [9.17, 15) is 22.8 Å². The number of hydrogen-bond donors (Lipinski definition) is 0. The highest BCUT2D eigenvalue weighted by atomic mass is 19.4. The first-order valence-corrected chi connectivity index (χ1v) is 5.74. The van der Waals surface area contributed by atoms with E-state index in [0.29, 0.717) is 0 Å². The first kappa shape index (κ1) is 17.5. The average Bonchev–Trinajstić information content (AvgIpc) is 2.32. The summed E-state index contributed by atoms with van der Waals surface area (Å²) in [5.41, 5.74) is 0. The van der Waals surface area contributed by atoms with Crippen molar-refractivity contribution in [2.75, 3.05) is 14.2 Å². The maximum atomic E-state index is 12.0. The van der Waals surface area contributed by atoms with Crippen LogP contribution in [0, 0.1) is 0 Å². The Morgan fingerprint density at radius 1 is 1.42 bits per heavy atom. The van der Waals surface area contributed by atoms with E-state index in [-0.39, 0.29) is 19.3 Å². The fourth-order valence-electron chi connectivity index (χ4n) is 1.50. The monoisotopic (exact) mass is 281 g/mol. The lowest BCUT2D eigenvalue weighted by Crippen LogP contribution is -2.42. The van der Waals surface area contributed by atoms with E-state index in [1.165, 1.54) is 20.2 Å². The molecule has 0 saturated heterocycles. The van der Waals surface area contributed by atoms with Crippen molar-refractivity contribution in [2.45, 2.75) is 37.9 Å². The summed E-state index contributed by atoms with van der Waals surface area (Å²) in [7, 11) is 2.54. The van der Waals surface area contributed by atoms with Gasteiger partial charge in [0.25, 0.3) is 0 Å². The van der Waals surface area contributed by atoms with Gasteiger partial charge in [-0.2, -0.15) is 13.2 Å². The predicted octanol–water partition coefficient (Wildman–Crippen LogP) is 2.30. The van der Waals surface area contributed by atoms with Gasteiger partial charge in [-0.25, -0.2) is 4.79 Å². The Bertz CT molecular complexity index is 329. The summed E-state index contributed by atoms with van der Waals surface area (Å²) in [6, 6.07) is -0.846. The second-order valence-corrected chi connectivity index (χ2v) is 4.04. The zero-order valence-corrected chi connectivity index (χ0v) is 11.0. The Kier molecular flexibility index (Phi) is 7.18. The topological polar surface area (TPSA) is 46.6 Å². The third-order valence-corrected chi connectivity index (χ3v) is 2.57. The number of carbonyl (C=O) groups excluding carboxylic acids is 2. The second-order valence-electron chi connectivity index (χ2n) is 4.04. The molecule has 0 spiro atoms. The zero-order chi connectivity index (χ0) is 15.1. The van der Waals surface area contributed by atoms with Gasteiger partial charge < -0.3 is 9.64 Å². The SMILES string of the molecule is C=CCC(C(=O)OC)N(C)C(=O)CCCC(F)(F)F. The molecule has 0 fully saturated rings. The first-order valence-electron chi connectivity index (χ1n) is 5.74. The standard InChI is InChI=1S/C12H18F3NO3/c1-4-6-9(11(18)19-3)16(2)10(17)7-5-8-12(13,14)15/h4,9H,1,5-8H2,2-3H3. The molecule has 0 aromatic heterocycles. The third-order valence-electron chi connectivity index (χ3n) is 2.57. The number of halogens is 3. The fraction of sp³-hybridized carbons (Fsp3) is 0.667. The van der Waals surface area contributed by atoms with Crippen molar-refractivity contribution < 1.29 is 27.5 Å². The number of hydrogen-bond acceptors (Lipinski definition) is 3. The molecule has 0 bridgehead atoms. The van der Waals surface area contributed by atoms with E-state index < -0.39 is 30.5 Å². The minimum Gasteiger partial charge on any atom is -0.467 e. The van der Waals surface area contributed by atoms with E-state index in [1.54, 1.807) is 0 Å². The molecule has 1 unspecified atom stereocenters. The van der Waals surface area contributed by atoms with Crippen LogP contribution in [0.1, 0.15) is 25.7 Å². The lowest BCUT2D eigenvalue weighted by molar-refractivity contribution is -0.152. The quantitative estimate of drug-likeness (QED) is 0.531. The molecule has 1 amide bonds. The summed E-state index contributed by atoms with van der Waals surface area (Å²) in [6.07, 6.45) is -4.22. The van der Waals surface area contributed by atoms with Gasteiger partial charge in [0.15, 0.2) is 0 Å². The second kappa shape index (κ2) is 7.81. The van der Waals surface area contributed by atoms with Crippen molar-refractivity contribution in [3.63, 3.8) is 0 Å². The molecule has 0 aliphatic heterocycles. The van der Waals surface area contributed by atoms with Gasteiger partial charge in [-0.05, 0) is 12.8 Å². The van der Waals surface area contributed by atoms with Crippen molar-refractivity contribution in [1.82, 2.24) is 4.90 Å². The summed E-state index contributed by atoms with van der Waals surface area (Å²) in [5, 5.41) is 0. The van der Waals surface area contributed by atoms with Gasteiger partial charge in [-0.1, -0.05) is 6.08 Å². The Morgan fingerprint density at radius 2 is 2.00 bits per heavy atom. The van der Waals surface area contributed by atoms with Crippen LogP contribution in [0.15, 0.2) is 12.7 Å². The van der Waals surface area contributed by atoms with E-state index in [2.05, 4.69) is 11.3 Å². The van der Waals surface area contributed by atoms with Crippen molar-refractivity contribution >= 4 is 11.9 Å². The zero-order valence-electron chi connectivity index (χ0n) is 11.0. The Morgan fingerprint density at radius 3 is 2.42 bits per heavy atom. The minimum absolute atomic E-state index is 0.189. The Labute approximate surface area is 110 Å². The molecule has 0 N–H and O–H groups in total. The molecule has 0 aliphatic carbocycles. The van der Waals surface area contributed by atoms with E-state index in [0.717, 1.165) is 4.90 Å². The molecule has 0 aromatic rings. The number of likely N-dealkylation sites (N-methyl/N-ethyl adjacent to an activating group) is 1. The van der Waals surface area contributed by atoms with Crippen molar-refractivity contribution in [1.29, 1.82) is 0 Å². The molecule has 7 heteroatoms. The summed E-state index contributed by atoms with van der Waals surface area (Å²) < 4.78 is 40.4. The number of methoxy groups -OCH3 is 1. The first-order chi connectivity index (χ1) is 8.72. The largest absolute Gasteiger partial charge is 0.467 e. The number of alkyl halides is 3. The summed E-state index contributed by atoms with van der Waals surface area (Å²) >= 11 is 0. The van der Waals surface area contributed by atoms with E-state index in [4.69, 9.17) is 0 Å². The van der Waals surface area contributed by atoms with E-state index >= 15 is 0 Å². The number of ether oxygens (including phenoxy) is 1. The van der Waals surface area contributed by atoms with Crippen LogP contribution in [0.3, 0.4) is 0 Å². The maximum Gasteiger partial charge on any atom is 0.389 e. The molecule has 0 aliphatic rings. The predicted molar refractivity (Wildman–Crippen MR) is 63.3 cm³/mol. The molecule has 0 heterocycles. The van der Waals surface area contributed by atoms with Crippen molar-refractivity contribution in [3.05, 3.63) is 12.7 Å². The van der Waals surface area contributed by atoms with Crippen molar-refractivity contribution in [3.8, 4) is 0 Å².